The highest BCUT2D eigenvalue weighted by Crippen LogP contribution is 2.15. The number of rotatable bonds is 3. The van der Waals surface area contributed by atoms with Gasteiger partial charge in [-0.2, -0.15) is 0 Å². The Morgan fingerprint density at radius 1 is 1.62 bits per heavy atom. The highest BCUT2D eigenvalue weighted by atomic mass is 127. The third kappa shape index (κ3) is 5.30. The van der Waals surface area contributed by atoms with Gasteiger partial charge in [-0.05, 0) is 13.0 Å². The van der Waals surface area contributed by atoms with Crippen LogP contribution in [0.2, 0.25) is 0 Å². The van der Waals surface area contributed by atoms with E-state index >= 15 is 0 Å². The number of aliphatic imine (C=N–C) groups is 1. The average Bonchev–Trinajstić information content (AvgIpc) is 2.45. The summed E-state index contributed by atoms with van der Waals surface area (Å²) in [6.45, 7) is 3.95. The van der Waals surface area contributed by atoms with E-state index < -0.39 is 6.43 Å². The van der Waals surface area contributed by atoms with Gasteiger partial charge in [0, 0.05) is 19.3 Å². The Morgan fingerprint density at radius 2 is 2.38 bits per heavy atom. The van der Waals surface area contributed by atoms with Crippen molar-refractivity contribution >= 4 is 29.9 Å². The minimum atomic E-state index is -2.61. The first-order valence-corrected chi connectivity index (χ1v) is 6.32. The Labute approximate surface area is 138 Å². The third-order valence-corrected chi connectivity index (χ3v) is 2.90. The third-order valence-electron chi connectivity index (χ3n) is 2.90. The van der Waals surface area contributed by atoms with E-state index in [0.717, 1.165) is 0 Å². The summed E-state index contributed by atoms with van der Waals surface area (Å²) in [4.78, 5) is 13.7. The summed E-state index contributed by atoms with van der Waals surface area (Å²) in [7, 11) is 0. The molecule has 1 atom stereocenters. The summed E-state index contributed by atoms with van der Waals surface area (Å²) >= 11 is 0. The van der Waals surface area contributed by atoms with Gasteiger partial charge in [0.2, 0.25) is 0 Å². The van der Waals surface area contributed by atoms with Gasteiger partial charge in [0.1, 0.15) is 18.1 Å². The summed E-state index contributed by atoms with van der Waals surface area (Å²) in [5.74, 6) is 0.582. The van der Waals surface area contributed by atoms with E-state index in [1.165, 1.54) is 12.3 Å². The van der Waals surface area contributed by atoms with Gasteiger partial charge >= 0.3 is 0 Å². The smallest absolute Gasteiger partial charge is 0.280 e. The average molecular weight is 413 g/mol. The number of morpholine rings is 1. The van der Waals surface area contributed by atoms with Crippen molar-refractivity contribution in [1.82, 2.24) is 14.9 Å². The first-order chi connectivity index (χ1) is 9.56. The van der Waals surface area contributed by atoms with Gasteiger partial charge in [-0.3, -0.25) is 0 Å². The molecule has 6 nitrogen and oxygen atoms in total. The molecule has 0 amide bonds. The molecule has 1 aromatic rings. The SMILES string of the molecule is CC1CN(C(N)=NCc2nccc(C(F)F)n2)CCO1.I. The van der Waals surface area contributed by atoms with Crippen molar-refractivity contribution in [3.05, 3.63) is 23.8 Å². The standard InChI is InChI=1S/C12H17F2N5O.HI/c1-8-7-19(4-5-20-8)12(15)17-6-10-16-3-2-9(18-10)11(13)14;/h2-3,8,11H,4-7H2,1H3,(H2,15,17);1H. The highest BCUT2D eigenvalue weighted by Gasteiger charge is 2.18. The summed E-state index contributed by atoms with van der Waals surface area (Å²) in [5.41, 5.74) is 5.57. The van der Waals surface area contributed by atoms with Crippen molar-refractivity contribution in [1.29, 1.82) is 0 Å². The lowest BCUT2D eigenvalue weighted by atomic mass is 10.3. The molecular weight excluding hydrogens is 395 g/mol. The molecule has 1 saturated heterocycles. The Bertz CT molecular complexity index is 488. The quantitative estimate of drug-likeness (QED) is 0.463. The van der Waals surface area contributed by atoms with Crippen LogP contribution in [0, 0.1) is 0 Å². The van der Waals surface area contributed by atoms with Crippen molar-refractivity contribution in [2.75, 3.05) is 19.7 Å². The Kier molecular flexibility index (Phi) is 7.15. The molecule has 0 aliphatic carbocycles. The van der Waals surface area contributed by atoms with E-state index in [9.17, 15) is 8.78 Å². The van der Waals surface area contributed by atoms with Crippen molar-refractivity contribution < 1.29 is 13.5 Å². The molecule has 0 saturated carbocycles. The van der Waals surface area contributed by atoms with Crippen LogP contribution in [-0.4, -0.2) is 46.6 Å². The minimum Gasteiger partial charge on any atom is -0.375 e. The number of hydrogen-bond donors (Lipinski definition) is 1. The van der Waals surface area contributed by atoms with E-state index in [0.29, 0.717) is 25.7 Å². The fraction of sp³-hybridized carbons (Fsp3) is 0.583. The van der Waals surface area contributed by atoms with Crippen LogP contribution in [0.25, 0.3) is 0 Å². The van der Waals surface area contributed by atoms with Crippen molar-refractivity contribution in [2.45, 2.75) is 26.0 Å². The summed E-state index contributed by atoms with van der Waals surface area (Å²) in [6.07, 6.45) is -1.22. The molecule has 9 heteroatoms. The predicted molar refractivity (Wildman–Crippen MR) is 84.7 cm³/mol. The van der Waals surface area contributed by atoms with Crippen molar-refractivity contribution in [3.8, 4) is 0 Å². The molecule has 2 heterocycles. The normalized spacial score (nSPS) is 19.5. The van der Waals surface area contributed by atoms with E-state index in [-0.39, 0.29) is 48.1 Å². The zero-order chi connectivity index (χ0) is 14.5. The van der Waals surface area contributed by atoms with Gasteiger partial charge < -0.3 is 15.4 Å². The summed E-state index contributed by atoms with van der Waals surface area (Å²) in [5, 5.41) is 0. The largest absolute Gasteiger partial charge is 0.375 e. The number of nitrogens with two attached hydrogens (primary N) is 1. The Balaban J connectivity index is 0.00000220. The molecule has 1 aliphatic heterocycles. The number of ether oxygens (including phenoxy) is 1. The lowest BCUT2D eigenvalue weighted by Gasteiger charge is -2.31. The molecule has 0 bridgehead atoms. The van der Waals surface area contributed by atoms with Gasteiger partial charge in [-0.15, -0.1) is 24.0 Å². The van der Waals surface area contributed by atoms with E-state index in [2.05, 4.69) is 15.0 Å². The topological polar surface area (TPSA) is 76.6 Å². The van der Waals surface area contributed by atoms with Crippen LogP contribution in [0.15, 0.2) is 17.3 Å². The molecular formula is C12H18F2IN5O. The second-order valence-electron chi connectivity index (χ2n) is 4.50. The van der Waals surface area contributed by atoms with Gasteiger partial charge in [-0.25, -0.2) is 23.7 Å². The molecule has 2 N–H and O–H groups in total. The van der Waals surface area contributed by atoms with Crippen LogP contribution in [0.4, 0.5) is 8.78 Å². The van der Waals surface area contributed by atoms with Gasteiger partial charge in [0.15, 0.2) is 5.96 Å². The molecule has 21 heavy (non-hydrogen) atoms. The number of aromatic nitrogens is 2. The molecule has 2 rings (SSSR count). The second-order valence-corrected chi connectivity index (χ2v) is 4.50. The number of guanidine groups is 1. The number of nitrogens with zero attached hydrogens (tertiary/aromatic N) is 4. The van der Waals surface area contributed by atoms with E-state index in [1.807, 2.05) is 11.8 Å². The first-order valence-electron chi connectivity index (χ1n) is 6.32. The molecule has 0 radical (unpaired) electrons. The highest BCUT2D eigenvalue weighted by molar-refractivity contribution is 14.0. The van der Waals surface area contributed by atoms with Crippen molar-refractivity contribution in [2.24, 2.45) is 10.7 Å². The minimum absolute atomic E-state index is 0. The second kappa shape index (κ2) is 8.37. The van der Waals surface area contributed by atoms with Gasteiger partial charge in [0.25, 0.3) is 6.43 Å². The Morgan fingerprint density at radius 3 is 3.05 bits per heavy atom. The fourth-order valence-corrected chi connectivity index (χ4v) is 1.89. The molecule has 1 aromatic heterocycles. The maximum Gasteiger partial charge on any atom is 0.280 e. The number of alkyl halides is 2. The zero-order valence-corrected chi connectivity index (χ0v) is 13.9. The van der Waals surface area contributed by atoms with Crippen LogP contribution in [-0.2, 0) is 11.3 Å². The van der Waals surface area contributed by atoms with E-state index in [1.54, 1.807) is 0 Å². The summed E-state index contributed by atoms with van der Waals surface area (Å²) in [6, 6.07) is 1.19. The van der Waals surface area contributed by atoms with Crippen LogP contribution in [0.3, 0.4) is 0 Å². The van der Waals surface area contributed by atoms with E-state index in [4.69, 9.17) is 10.5 Å². The molecule has 1 aliphatic rings. The maximum absolute atomic E-state index is 12.5. The predicted octanol–water partition coefficient (Wildman–Crippen LogP) is 1.57. The Hall–Kier alpha value is -1.10. The van der Waals surface area contributed by atoms with Crippen LogP contribution < -0.4 is 5.73 Å². The first kappa shape index (κ1) is 18.0. The van der Waals surface area contributed by atoms with Crippen LogP contribution in [0.5, 0.6) is 0 Å². The number of hydrogen-bond acceptors (Lipinski definition) is 4. The number of halogens is 3. The van der Waals surface area contributed by atoms with Crippen molar-refractivity contribution in [3.63, 3.8) is 0 Å². The molecule has 0 aromatic carbocycles. The van der Waals surface area contributed by atoms with Crippen LogP contribution >= 0.6 is 24.0 Å². The fourth-order valence-electron chi connectivity index (χ4n) is 1.89. The van der Waals surface area contributed by atoms with Gasteiger partial charge in [-0.1, -0.05) is 0 Å². The monoisotopic (exact) mass is 413 g/mol. The molecule has 1 fully saturated rings. The zero-order valence-electron chi connectivity index (χ0n) is 11.6. The van der Waals surface area contributed by atoms with Crippen LogP contribution in [0.1, 0.15) is 24.9 Å². The lowest BCUT2D eigenvalue weighted by molar-refractivity contribution is 0.00528. The lowest BCUT2D eigenvalue weighted by Crippen LogP contribution is -2.47. The molecule has 118 valence electrons. The summed E-state index contributed by atoms with van der Waals surface area (Å²) < 4.78 is 30.4. The van der Waals surface area contributed by atoms with Gasteiger partial charge in [0.05, 0.1) is 12.7 Å². The maximum atomic E-state index is 12.5. The molecule has 1 unspecified atom stereocenters. The molecule has 0 spiro atoms.